The number of aromatic nitrogens is 2. The van der Waals surface area contributed by atoms with Crippen LogP contribution in [0.2, 0.25) is 0 Å². The number of nitrogens with one attached hydrogen (secondary N) is 1. The Morgan fingerprint density at radius 3 is 2.57 bits per heavy atom. The van der Waals surface area contributed by atoms with Gasteiger partial charge in [-0.15, -0.1) is 0 Å². The molecule has 4 rings (SSSR count). The van der Waals surface area contributed by atoms with E-state index in [9.17, 15) is 4.79 Å². The maximum Gasteiger partial charge on any atom is 0.224 e. The van der Waals surface area contributed by atoms with Gasteiger partial charge in [0.25, 0.3) is 0 Å². The molecule has 0 saturated heterocycles. The van der Waals surface area contributed by atoms with E-state index < -0.39 is 0 Å². The van der Waals surface area contributed by atoms with Crippen LogP contribution in [0.1, 0.15) is 31.9 Å². The summed E-state index contributed by atoms with van der Waals surface area (Å²) in [5, 5.41) is 8.14. The van der Waals surface area contributed by atoms with E-state index in [-0.39, 0.29) is 18.0 Å². The van der Waals surface area contributed by atoms with Crippen LogP contribution in [0.4, 0.5) is 17.1 Å². The minimum absolute atomic E-state index is 0.0604. The van der Waals surface area contributed by atoms with Crippen LogP contribution in [-0.2, 0) is 11.8 Å². The molecule has 0 unspecified atom stereocenters. The van der Waals surface area contributed by atoms with Gasteiger partial charge in [0.1, 0.15) is 0 Å². The minimum atomic E-state index is 0.0604. The molecule has 0 aliphatic carbocycles. The Kier molecular flexibility index (Phi) is 4.55. The highest BCUT2D eigenvalue weighted by Crippen LogP contribution is 2.41. The number of benzene rings is 2. The molecule has 6 nitrogen and oxygen atoms in total. The highest BCUT2D eigenvalue weighted by molar-refractivity contribution is 5.94. The van der Waals surface area contributed by atoms with E-state index in [0.717, 1.165) is 40.3 Å². The first-order valence-electron chi connectivity index (χ1n) is 9.48. The van der Waals surface area contributed by atoms with Crippen LogP contribution in [0.15, 0.2) is 54.7 Å². The number of anilines is 3. The molecule has 0 spiro atoms. The van der Waals surface area contributed by atoms with Crippen molar-refractivity contribution < 1.29 is 4.79 Å². The van der Waals surface area contributed by atoms with E-state index in [2.05, 4.69) is 23.4 Å². The fourth-order valence-electron chi connectivity index (χ4n) is 3.99. The third-order valence-corrected chi connectivity index (χ3v) is 5.28. The number of rotatable bonds is 3. The number of nitrogens with two attached hydrogens (primary N) is 1. The number of amides is 1. The number of carbonyl (C=O) groups excluding carboxylic acids is 1. The van der Waals surface area contributed by atoms with Crippen molar-refractivity contribution >= 4 is 23.0 Å². The first-order valence-corrected chi connectivity index (χ1v) is 9.48. The molecule has 0 fully saturated rings. The molecule has 1 amide bonds. The summed E-state index contributed by atoms with van der Waals surface area (Å²) < 4.78 is 1.79. The molecule has 1 aromatic heterocycles. The SMILES string of the molecule is CC(=O)N1c2ccc(-c3ccn(C)n3)cc2[C@H](Nc2ccc(N)cc2)C[C@@H]1C. The van der Waals surface area contributed by atoms with Gasteiger partial charge in [0.2, 0.25) is 5.91 Å². The fraction of sp³-hybridized carbons (Fsp3) is 0.273. The van der Waals surface area contributed by atoms with Gasteiger partial charge >= 0.3 is 0 Å². The molecule has 28 heavy (non-hydrogen) atoms. The van der Waals surface area contributed by atoms with Gasteiger partial charge < -0.3 is 16.0 Å². The second kappa shape index (κ2) is 7.03. The van der Waals surface area contributed by atoms with Gasteiger partial charge in [-0.05, 0) is 61.4 Å². The Labute approximate surface area is 165 Å². The van der Waals surface area contributed by atoms with Crippen molar-refractivity contribution in [2.75, 3.05) is 16.0 Å². The molecule has 2 aromatic carbocycles. The Bertz CT molecular complexity index is 1010. The number of hydrogen-bond acceptors (Lipinski definition) is 4. The molecule has 1 aliphatic heterocycles. The molecule has 0 bridgehead atoms. The van der Waals surface area contributed by atoms with Gasteiger partial charge in [0.15, 0.2) is 0 Å². The summed E-state index contributed by atoms with van der Waals surface area (Å²) in [4.78, 5) is 14.2. The summed E-state index contributed by atoms with van der Waals surface area (Å²) in [6, 6.07) is 16.2. The second-order valence-electron chi connectivity index (χ2n) is 7.44. The van der Waals surface area contributed by atoms with Crippen LogP contribution in [-0.4, -0.2) is 21.7 Å². The lowest BCUT2D eigenvalue weighted by Gasteiger charge is -2.39. The normalized spacial score (nSPS) is 18.6. The number of nitrogen functional groups attached to an aromatic ring is 1. The molecular weight excluding hydrogens is 350 g/mol. The molecule has 2 heterocycles. The van der Waals surface area contributed by atoms with E-state index in [1.54, 1.807) is 11.6 Å². The van der Waals surface area contributed by atoms with Gasteiger partial charge in [-0.1, -0.05) is 6.07 Å². The molecule has 6 heteroatoms. The van der Waals surface area contributed by atoms with Gasteiger partial charge in [-0.2, -0.15) is 5.10 Å². The van der Waals surface area contributed by atoms with Gasteiger partial charge in [-0.25, -0.2) is 0 Å². The summed E-state index contributed by atoms with van der Waals surface area (Å²) in [7, 11) is 1.91. The third kappa shape index (κ3) is 3.33. The van der Waals surface area contributed by atoms with Crippen molar-refractivity contribution in [3.05, 3.63) is 60.3 Å². The number of nitrogens with zero attached hydrogens (tertiary/aromatic N) is 3. The van der Waals surface area contributed by atoms with Crippen molar-refractivity contribution in [3.63, 3.8) is 0 Å². The fourth-order valence-corrected chi connectivity index (χ4v) is 3.99. The first-order chi connectivity index (χ1) is 13.4. The number of fused-ring (bicyclic) bond motifs is 1. The van der Waals surface area contributed by atoms with E-state index in [4.69, 9.17) is 5.73 Å². The Morgan fingerprint density at radius 1 is 1.18 bits per heavy atom. The second-order valence-corrected chi connectivity index (χ2v) is 7.44. The lowest BCUT2D eigenvalue weighted by molar-refractivity contribution is -0.117. The zero-order chi connectivity index (χ0) is 19.8. The van der Waals surface area contributed by atoms with Crippen LogP contribution in [0, 0.1) is 0 Å². The van der Waals surface area contributed by atoms with E-state index in [1.165, 1.54) is 0 Å². The number of carbonyl (C=O) groups is 1. The average molecular weight is 375 g/mol. The topological polar surface area (TPSA) is 76.2 Å². The lowest BCUT2D eigenvalue weighted by Crippen LogP contribution is -2.43. The zero-order valence-corrected chi connectivity index (χ0v) is 16.4. The highest BCUT2D eigenvalue weighted by Gasteiger charge is 2.32. The highest BCUT2D eigenvalue weighted by atomic mass is 16.2. The lowest BCUT2D eigenvalue weighted by atomic mass is 9.89. The molecule has 3 N–H and O–H groups in total. The predicted octanol–water partition coefficient (Wildman–Crippen LogP) is 3.97. The molecule has 0 radical (unpaired) electrons. The molecular formula is C22H25N5O. The predicted molar refractivity (Wildman–Crippen MR) is 113 cm³/mol. The molecule has 1 aliphatic rings. The van der Waals surface area contributed by atoms with Crippen molar-refractivity contribution in [2.24, 2.45) is 7.05 Å². The van der Waals surface area contributed by atoms with E-state index in [1.807, 2.05) is 60.6 Å². The quantitative estimate of drug-likeness (QED) is 0.679. The van der Waals surface area contributed by atoms with Crippen molar-refractivity contribution in [1.82, 2.24) is 9.78 Å². The van der Waals surface area contributed by atoms with Crippen molar-refractivity contribution in [2.45, 2.75) is 32.4 Å². The summed E-state index contributed by atoms with van der Waals surface area (Å²) in [5.74, 6) is 0.0604. The van der Waals surface area contributed by atoms with Crippen LogP contribution < -0.4 is 16.0 Å². The maximum absolute atomic E-state index is 12.3. The van der Waals surface area contributed by atoms with Gasteiger partial charge in [0.05, 0.1) is 11.7 Å². The van der Waals surface area contributed by atoms with Crippen molar-refractivity contribution in [3.8, 4) is 11.3 Å². The average Bonchev–Trinajstić information content (AvgIpc) is 3.09. The standard InChI is InChI=1S/C22H25N5O/c1-14-12-21(24-18-7-5-17(23)6-8-18)19-13-16(20-10-11-26(3)25-20)4-9-22(19)27(14)15(2)28/h4-11,13-14,21,24H,12,23H2,1-3H3/t14-,21+/m0/s1. The minimum Gasteiger partial charge on any atom is -0.399 e. The zero-order valence-electron chi connectivity index (χ0n) is 16.4. The van der Waals surface area contributed by atoms with E-state index >= 15 is 0 Å². The largest absolute Gasteiger partial charge is 0.399 e. The summed E-state index contributed by atoms with van der Waals surface area (Å²) in [5.41, 5.74) is 11.6. The number of aryl methyl sites for hydroxylation is 1. The van der Waals surface area contributed by atoms with Gasteiger partial charge in [0, 0.05) is 48.8 Å². The number of hydrogen-bond donors (Lipinski definition) is 2. The summed E-state index contributed by atoms with van der Waals surface area (Å²) in [6.07, 6.45) is 2.76. The molecule has 144 valence electrons. The van der Waals surface area contributed by atoms with Gasteiger partial charge in [-0.3, -0.25) is 9.48 Å². The maximum atomic E-state index is 12.3. The van der Waals surface area contributed by atoms with Crippen molar-refractivity contribution in [1.29, 1.82) is 0 Å². The van der Waals surface area contributed by atoms with Crippen LogP contribution >= 0.6 is 0 Å². The van der Waals surface area contributed by atoms with Crippen LogP contribution in [0.3, 0.4) is 0 Å². The molecule has 2 atom stereocenters. The Morgan fingerprint density at radius 2 is 1.93 bits per heavy atom. The van der Waals surface area contributed by atoms with E-state index in [0.29, 0.717) is 0 Å². The van der Waals surface area contributed by atoms with Crippen LogP contribution in [0.5, 0.6) is 0 Å². The first kappa shape index (κ1) is 18.1. The molecule has 0 saturated carbocycles. The monoisotopic (exact) mass is 375 g/mol. The Hall–Kier alpha value is -3.28. The smallest absolute Gasteiger partial charge is 0.224 e. The third-order valence-electron chi connectivity index (χ3n) is 5.28. The summed E-state index contributed by atoms with van der Waals surface area (Å²) >= 11 is 0. The van der Waals surface area contributed by atoms with Crippen LogP contribution in [0.25, 0.3) is 11.3 Å². The summed E-state index contributed by atoms with van der Waals surface area (Å²) in [6.45, 7) is 3.72. The Balaban J connectivity index is 1.77. The molecule has 3 aromatic rings.